The molecule has 3 aromatic rings. The van der Waals surface area contributed by atoms with Crippen LogP contribution in [0.2, 0.25) is 0 Å². The Balaban J connectivity index is 1.64. The first-order valence-electron chi connectivity index (χ1n) is 8.41. The van der Waals surface area contributed by atoms with Crippen LogP contribution >= 0.6 is 0 Å². The van der Waals surface area contributed by atoms with Crippen LogP contribution in [0.1, 0.15) is 16.1 Å². The number of nitrogens with zero attached hydrogens (tertiary/aromatic N) is 2. The Morgan fingerprint density at radius 2 is 2.04 bits per heavy atom. The van der Waals surface area contributed by atoms with Gasteiger partial charge >= 0.3 is 5.97 Å². The molecule has 1 N–H and O–H groups in total. The molecule has 0 radical (unpaired) electrons. The lowest BCUT2D eigenvalue weighted by Gasteiger charge is -2.29. The highest BCUT2D eigenvalue weighted by Gasteiger charge is 2.27. The van der Waals surface area contributed by atoms with Crippen molar-refractivity contribution in [2.45, 2.75) is 6.54 Å². The minimum Gasteiger partial charge on any atom is -0.482 e. The molecule has 136 valence electrons. The molecule has 1 aromatic heterocycles. The lowest BCUT2D eigenvalue weighted by atomic mass is 10.1. The fourth-order valence-electron chi connectivity index (χ4n) is 2.99. The van der Waals surface area contributed by atoms with Crippen LogP contribution in [0, 0.1) is 0 Å². The maximum atomic E-state index is 12.4. The van der Waals surface area contributed by atoms with Crippen molar-refractivity contribution in [2.75, 3.05) is 18.6 Å². The molecular weight excluding hydrogens is 346 g/mol. The van der Waals surface area contributed by atoms with Gasteiger partial charge in [-0.25, -0.2) is 4.79 Å². The first-order valence-corrected chi connectivity index (χ1v) is 8.41. The molecule has 0 saturated heterocycles. The van der Waals surface area contributed by atoms with Crippen molar-refractivity contribution < 1.29 is 19.1 Å². The van der Waals surface area contributed by atoms with Gasteiger partial charge in [0.2, 0.25) is 0 Å². The minimum absolute atomic E-state index is 0.0550. The van der Waals surface area contributed by atoms with Crippen molar-refractivity contribution in [3.05, 3.63) is 65.9 Å². The third-order valence-corrected chi connectivity index (χ3v) is 4.36. The van der Waals surface area contributed by atoms with Gasteiger partial charge in [-0.2, -0.15) is 5.10 Å². The highest BCUT2D eigenvalue weighted by molar-refractivity contribution is 6.00. The second kappa shape index (κ2) is 6.95. The topological polar surface area (TPSA) is 84.5 Å². The SMILES string of the molecule is COC(=O)c1ccc2c(c1)N(Cc1cc(-c3ccccc3)[nH]n1)C(=O)CO2. The summed E-state index contributed by atoms with van der Waals surface area (Å²) in [7, 11) is 1.32. The molecule has 0 atom stereocenters. The average Bonchev–Trinajstić information content (AvgIpc) is 3.18. The van der Waals surface area contributed by atoms with Gasteiger partial charge in [-0.1, -0.05) is 30.3 Å². The second-order valence-corrected chi connectivity index (χ2v) is 6.08. The largest absolute Gasteiger partial charge is 0.482 e. The van der Waals surface area contributed by atoms with Crippen molar-refractivity contribution in [1.82, 2.24) is 10.2 Å². The summed E-state index contributed by atoms with van der Waals surface area (Å²) in [5.74, 6) is -0.128. The predicted molar refractivity (Wildman–Crippen MR) is 98.5 cm³/mol. The van der Waals surface area contributed by atoms with E-state index >= 15 is 0 Å². The zero-order chi connectivity index (χ0) is 18.8. The van der Waals surface area contributed by atoms with Gasteiger partial charge in [-0.05, 0) is 29.8 Å². The molecule has 1 amide bonds. The lowest BCUT2D eigenvalue weighted by molar-refractivity contribution is -0.121. The van der Waals surface area contributed by atoms with Gasteiger partial charge < -0.3 is 9.47 Å². The predicted octanol–water partition coefficient (Wildman–Crippen LogP) is 2.79. The van der Waals surface area contributed by atoms with E-state index in [1.54, 1.807) is 23.1 Å². The summed E-state index contributed by atoms with van der Waals surface area (Å²) < 4.78 is 10.2. The summed E-state index contributed by atoms with van der Waals surface area (Å²) in [6.07, 6.45) is 0. The first kappa shape index (κ1) is 16.8. The van der Waals surface area contributed by atoms with E-state index in [1.165, 1.54) is 7.11 Å². The van der Waals surface area contributed by atoms with E-state index in [9.17, 15) is 9.59 Å². The molecular formula is C20H17N3O4. The quantitative estimate of drug-likeness (QED) is 0.721. The van der Waals surface area contributed by atoms with Gasteiger partial charge in [0.25, 0.3) is 5.91 Å². The van der Waals surface area contributed by atoms with Crippen LogP contribution in [0.15, 0.2) is 54.6 Å². The number of aromatic nitrogens is 2. The van der Waals surface area contributed by atoms with Crippen LogP contribution in [0.5, 0.6) is 5.75 Å². The number of H-pyrrole nitrogens is 1. The smallest absolute Gasteiger partial charge is 0.337 e. The molecule has 0 fully saturated rings. The average molecular weight is 363 g/mol. The highest BCUT2D eigenvalue weighted by atomic mass is 16.5. The number of carbonyl (C=O) groups is 2. The number of carbonyl (C=O) groups excluding carboxylic acids is 2. The molecule has 1 aliphatic heterocycles. The second-order valence-electron chi connectivity index (χ2n) is 6.08. The van der Waals surface area contributed by atoms with Gasteiger partial charge in [0.05, 0.1) is 36.3 Å². The number of hydrogen-bond donors (Lipinski definition) is 1. The summed E-state index contributed by atoms with van der Waals surface area (Å²) in [4.78, 5) is 25.8. The molecule has 7 heteroatoms. The van der Waals surface area contributed by atoms with Crippen molar-refractivity contribution in [3.63, 3.8) is 0 Å². The minimum atomic E-state index is -0.470. The molecule has 2 heterocycles. The molecule has 0 saturated carbocycles. The summed E-state index contributed by atoms with van der Waals surface area (Å²) in [6.45, 7) is 0.212. The van der Waals surface area contributed by atoms with Gasteiger partial charge in [0, 0.05) is 0 Å². The number of methoxy groups -OCH3 is 1. The number of rotatable bonds is 4. The lowest BCUT2D eigenvalue weighted by Crippen LogP contribution is -2.38. The van der Waals surface area contributed by atoms with Crippen LogP contribution in [0.3, 0.4) is 0 Å². The van der Waals surface area contributed by atoms with Crippen LogP contribution in [0.25, 0.3) is 11.3 Å². The molecule has 0 bridgehead atoms. The summed E-state index contributed by atoms with van der Waals surface area (Å²) in [5, 5.41) is 7.31. The molecule has 0 spiro atoms. The van der Waals surface area contributed by atoms with Crippen molar-refractivity contribution >= 4 is 17.6 Å². The third kappa shape index (κ3) is 3.27. The zero-order valence-electron chi connectivity index (χ0n) is 14.6. The molecule has 27 heavy (non-hydrogen) atoms. The van der Waals surface area contributed by atoms with Crippen LogP contribution in [0.4, 0.5) is 5.69 Å². The van der Waals surface area contributed by atoms with Crippen molar-refractivity contribution in [3.8, 4) is 17.0 Å². The Morgan fingerprint density at radius 3 is 2.81 bits per heavy atom. The van der Waals surface area contributed by atoms with E-state index in [0.29, 0.717) is 22.7 Å². The zero-order valence-corrected chi connectivity index (χ0v) is 14.6. The number of esters is 1. The maximum Gasteiger partial charge on any atom is 0.337 e. The van der Waals surface area contributed by atoms with Crippen LogP contribution < -0.4 is 9.64 Å². The van der Waals surface area contributed by atoms with E-state index in [1.807, 2.05) is 36.4 Å². The first-order chi connectivity index (χ1) is 13.2. The van der Waals surface area contributed by atoms with E-state index in [0.717, 1.165) is 11.3 Å². The van der Waals surface area contributed by atoms with Crippen molar-refractivity contribution in [1.29, 1.82) is 0 Å². The highest BCUT2D eigenvalue weighted by Crippen LogP contribution is 2.34. The number of nitrogens with one attached hydrogen (secondary N) is 1. The fourth-order valence-corrected chi connectivity index (χ4v) is 2.99. The Bertz CT molecular complexity index is 997. The summed E-state index contributed by atoms with van der Waals surface area (Å²) in [5.41, 5.74) is 3.47. The molecule has 4 rings (SSSR count). The Morgan fingerprint density at radius 1 is 1.22 bits per heavy atom. The van der Waals surface area contributed by atoms with Crippen molar-refractivity contribution in [2.24, 2.45) is 0 Å². The maximum absolute atomic E-state index is 12.4. The monoisotopic (exact) mass is 363 g/mol. The van der Waals surface area contributed by atoms with Gasteiger partial charge in [0.15, 0.2) is 6.61 Å². The fraction of sp³-hybridized carbons (Fsp3) is 0.150. The number of benzene rings is 2. The van der Waals surface area contributed by atoms with E-state index in [2.05, 4.69) is 10.2 Å². The number of ether oxygens (including phenoxy) is 2. The molecule has 1 aliphatic rings. The Labute approximate surface area is 155 Å². The molecule has 0 unspecified atom stereocenters. The number of anilines is 1. The molecule has 0 aliphatic carbocycles. The van der Waals surface area contributed by atoms with E-state index in [4.69, 9.17) is 9.47 Å². The number of aromatic amines is 1. The Hall–Kier alpha value is -3.61. The molecule has 2 aromatic carbocycles. The number of fused-ring (bicyclic) bond motifs is 1. The summed E-state index contributed by atoms with van der Waals surface area (Å²) in [6, 6.07) is 16.6. The third-order valence-electron chi connectivity index (χ3n) is 4.36. The van der Waals surface area contributed by atoms with E-state index < -0.39 is 5.97 Å². The van der Waals surface area contributed by atoms with Gasteiger partial charge in [0.1, 0.15) is 5.75 Å². The standard InChI is InChI=1S/C20H17N3O4/c1-26-20(25)14-7-8-18-17(9-14)23(19(24)12-27-18)11-15-10-16(22-21-15)13-5-3-2-4-6-13/h2-10H,11-12H2,1H3,(H,21,22). The Kier molecular flexibility index (Phi) is 4.33. The van der Waals surface area contributed by atoms with E-state index in [-0.39, 0.29) is 19.1 Å². The van der Waals surface area contributed by atoms with Crippen LogP contribution in [-0.2, 0) is 16.1 Å². The van der Waals surface area contributed by atoms with Gasteiger partial charge in [-0.3, -0.25) is 14.8 Å². The number of hydrogen-bond acceptors (Lipinski definition) is 5. The van der Waals surface area contributed by atoms with Gasteiger partial charge in [-0.15, -0.1) is 0 Å². The normalized spacial score (nSPS) is 13.1. The summed E-state index contributed by atoms with van der Waals surface area (Å²) >= 11 is 0. The molecule has 7 nitrogen and oxygen atoms in total. The van der Waals surface area contributed by atoms with Crippen LogP contribution in [-0.4, -0.2) is 35.8 Å². The number of amides is 1.